The van der Waals surface area contributed by atoms with Crippen LogP contribution < -0.4 is 16.8 Å². The number of benzene rings is 1. The molecule has 0 saturated carbocycles. The monoisotopic (exact) mass is 480 g/mol. The third kappa shape index (κ3) is 4.18. The second-order valence-electron chi connectivity index (χ2n) is 9.33. The van der Waals surface area contributed by atoms with Gasteiger partial charge < -0.3 is 4.98 Å². The van der Waals surface area contributed by atoms with Gasteiger partial charge in [-0.25, -0.2) is 19.7 Å². The Morgan fingerprint density at radius 1 is 1.09 bits per heavy atom. The number of H-pyrrole nitrogens is 1. The number of fused-ring (bicyclic) bond motifs is 2. The van der Waals surface area contributed by atoms with Crippen LogP contribution in [0.25, 0.3) is 21.9 Å². The van der Waals surface area contributed by atoms with Gasteiger partial charge in [0.15, 0.2) is 5.65 Å². The highest BCUT2D eigenvalue weighted by Crippen LogP contribution is 2.36. The molecule has 1 aromatic carbocycles. The maximum atomic E-state index is 13.2. The highest BCUT2D eigenvalue weighted by atomic mass is 32.2. The van der Waals surface area contributed by atoms with Gasteiger partial charge in [-0.05, 0) is 25.5 Å². The van der Waals surface area contributed by atoms with Gasteiger partial charge in [0.05, 0.1) is 16.2 Å². The quantitative estimate of drug-likeness (QED) is 0.344. The normalized spacial score (nSPS) is 13.0. The second-order valence-corrected chi connectivity index (χ2v) is 10.7. The fourth-order valence-electron chi connectivity index (χ4n) is 3.70. The maximum Gasteiger partial charge on any atom is 0.332 e. The van der Waals surface area contributed by atoms with Crippen LogP contribution >= 0.6 is 11.8 Å². The number of rotatable bonds is 5. The Balaban J connectivity index is 1.95. The first-order valence-electron chi connectivity index (χ1n) is 11.2. The fourth-order valence-corrected chi connectivity index (χ4v) is 4.70. The van der Waals surface area contributed by atoms with E-state index >= 15 is 0 Å². The summed E-state index contributed by atoms with van der Waals surface area (Å²) in [4.78, 5) is 55.6. The molecular weight excluding hydrogens is 452 g/mol. The van der Waals surface area contributed by atoms with E-state index in [9.17, 15) is 14.4 Å². The molecule has 34 heavy (non-hydrogen) atoms. The van der Waals surface area contributed by atoms with Crippen molar-refractivity contribution in [3.63, 3.8) is 0 Å². The standard InChI is InChI=1S/C24H28N6O3S/c1-7-12-30-18-16(21(32)29(6)23(30)33)20(28-22(27-18)24(3,4)5)34-13(2)17-25-15-11-9-8-10-14(15)19(31)26-17/h8-11,13H,7,12H2,1-6H3,(H,25,26,31). The number of aryl methyl sites for hydroxylation is 1. The summed E-state index contributed by atoms with van der Waals surface area (Å²) < 4.78 is 2.64. The van der Waals surface area contributed by atoms with E-state index in [4.69, 9.17) is 4.98 Å². The molecular formula is C24H28N6O3S. The van der Waals surface area contributed by atoms with Gasteiger partial charge in [0.2, 0.25) is 0 Å². The number of aromatic amines is 1. The third-order valence-corrected chi connectivity index (χ3v) is 6.67. The van der Waals surface area contributed by atoms with Crippen molar-refractivity contribution < 1.29 is 0 Å². The molecule has 0 spiro atoms. The molecule has 4 rings (SSSR count). The predicted molar refractivity (Wildman–Crippen MR) is 135 cm³/mol. The van der Waals surface area contributed by atoms with Crippen molar-refractivity contribution >= 4 is 33.7 Å². The number of nitrogens with one attached hydrogen (secondary N) is 1. The predicted octanol–water partition coefficient (Wildman–Crippen LogP) is 3.29. The number of para-hydroxylation sites is 1. The van der Waals surface area contributed by atoms with Crippen molar-refractivity contribution in [2.45, 2.75) is 63.3 Å². The first-order chi connectivity index (χ1) is 16.0. The number of hydrogen-bond donors (Lipinski definition) is 1. The van der Waals surface area contributed by atoms with E-state index in [0.717, 1.165) is 4.57 Å². The SMILES string of the molecule is CCCn1c(=O)n(C)c(=O)c2c(SC(C)c3nc4ccccc4c(=O)[nH]3)nc(C(C)(C)C)nc21. The molecule has 1 N–H and O–H groups in total. The average Bonchev–Trinajstić information content (AvgIpc) is 2.79. The van der Waals surface area contributed by atoms with E-state index in [1.165, 1.54) is 18.8 Å². The van der Waals surface area contributed by atoms with Crippen LogP contribution in [0.3, 0.4) is 0 Å². The summed E-state index contributed by atoms with van der Waals surface area (Å²) in [5.74, 6) is 1.02. The minimum atomic E-state index is -0.442. The Hall–Kier alpha value is -3.27. The van der Waals surface area contributed by atoms with Crippen LogP contribution in [0.4, 0.5) is 0 Å². The summed E-state index contributed by atoms with van der Waals surface area (Å²) in [7, 11) is 1.47. The van der Waals surface area contributed by atoms with Crippen molar-refractivity contribution in [2.75, 3.05) is 0 Å². The fraction of sp³-hybridized carbons (Fsp3) is 0.417. The molecule has 3 aromatic heterocycles. The highest BCUT2D eigenvalue weighted by molar-refractivity contribution is 7.99. The van der Waals surface area contributed by atoms with Crippen LogP contribution in [0, 0.1) is 0 Å². The van der Waals surface area contributed by atoms with Crippen LogP contribution in [0.2, 0.25) is 0 Å². The van der Waals surface area contributed by atoms with Gasteiger partial charge in [-0.15, -0.1) is 0 Å². The maximum absolute atomic E-state index is 13.2. The largest absolute Gasteiger partial charge is 0.332 e. The van der Waals surface area contributed by atoms with E-state index in [-0.39, 0.29) is 10.8 Å². The Kier molecular flexibility index (Phi) is 6.20. The number of thioether (sulfide) groups is 1. The van der Waals surface area contributed by atoms with Crippen LogP contribution in [0.15, 0.2) is 43.7 Å². The summed E-state index contributed by atoms with van der Waals surface area (Å²) in [6.45, 7) is 10.3. The molecule has 0 aliphatic heterocycles. The molecule has 0 aliphatic carbocycles. The van der Waals surface area contributed by atoms with E-state index in [2.05, 4.69) is 15.0 Å². The first kappa shape index (κ1) is 23.9. The van der Waals surface area contributed by atoms with Crippen molar-refractivity contribution in [1.82, 2.24) is 29.1 Å². The van der Waals surface area contributed by atoms with Crippen LogP contribution in [0.1, 0.15) is 57.9 Å². The minimum Gasteiger partial charge on any atom is -0.309 e. The number of aromatic nitrogens is 6. The molecule has 0 radical (unpaired) electrons. The Morgan fingerprint density at radius 2 is 1.79 bits per heavy atom. The van der Waals surface area contributed by atoms with Gasteiger partial charge in [0.25, 0.3) is 11.1 Å². The van der Waals surface area contributed by atoms with Gasteiger partial charge in [-0.3, -0.25) is 18.7 Å². The molecule has 0 saturated heterocycles. The highest BCUT2D eigenvalue weighted by Gasteiger charge is 2.26. The smallest absolute Gasteiger partial charge is 0.309 e. The minimum absolute atomic E-state index is 0.219. The van der Waals surface area contributed by atoms with Crippen molar-refractivity contribution in [3.8, 4) is 0 Å². The van der Waals surface area contributed by atoms with Gasteiger partial charge in [-0.2, -0.15) is 0 Å². The first-order valence-corrected chi connectivity index (χ1v) is 12.1. The lowest BCUT2D eigenvalue weighted by Crippen LogP contribution is -2.39. The lowest BCUT2D eigenvalue weighted by Gasteiger charge is -2.21. The van der Waals surface area contributed by atoms with Crippen molar-refractivity contribution in [2.24, 2.45) is 7.05 Å². The zero-order chi connectivity index (χ0) is 24.8. The van der Waals surface area contributed by atoms with Crippen LogP contribution in [0.5, 0.6) is 0 Å². The lowest BCUT2D eigenvalue weighted by molar-refractivity contribution is 0.535. The molecule has 0 aliphatic rings. The summed E-state index contributed by atoms with van der Waals surface area (Å²) in [6.07, 6.45) is 0.711. The van der Waals surface area contributed by atoms with Gasteiger partial charge in [0.1, 0.15) is 22.1 Å². The van der Waals surface area contributed by atoms with Crippen molar-refractivity contribution in [1.29, 1.82) is 0 Å². The summed E-state index contributed by atoms with van der Waals surface area (Å²) in [5.41, 5.74) is -0.529. The zero-order valence-corrected chi connectivity index (χ0v) is 21.0. The number of nitrogens with zero attached hydrogens (tertiary/aromatic N) is 5. The average molecular weight is 481 g/mol. The molecule has 4 aromatic rings. The number of hydrogen-bond acceptors (Lipinski definition) is 7. The molecule has 9 nitrogen and oxygen atoms in total. The molecule has 10 heteroatoms. The van der Waals surface area contributed by atoms with Crippen molar-refractivity contribution in [3.05, 3.63) is 67.1 Å². The summed E-state index contributed by atoms with van der Waals surface area (Å²) in [5, 5.41) is 0.954. The van der Waals surface area contributed by atoms with Crippen LogP contribution in [-0.4, -0.2) is 29.1 Å². The zero-order valence-electron chi connectivity index (χ0n) is 20.2. The molecule has 1 atom stereocenters. The van der Waals surface area contributed by atoms with Crippen LogP contribution in [-0.2, 0) is 19.0 Å². The van der Waals surface area contributed by atoms with E-state index in [1.54, 1.807) is 22.8 Å². The molecule has 0 fully saturated rings. The Labute approximate surface area is 200 Å². The van der Waals surface area contributed by atoms with E-state index < -0.39 is 16.7 Å². The third-order valence-electron chi connectivity index (χ3n) is 5.57. The van der Waals surface area contributed by atoms with E-state index in [0.29, 0.717) is 51.6 Å². The Morgan fingerprint density at radius 3 is 2.47 bits per heavy atom. The molecule has 0 amide bonds. The second kappa shape index (κ2) is 8.83. The van der Waals surface area contributed by atoms with Gasteiger partial charge >= 0.3 is 5.69 Å². The van der Waals surface area contributed by atoms with Gasteiger partial charge in [0, 0.05) is 19.0 Å². The Bertz CT molecular complexity index is 1580. The molecule has 0 bridgehead atoms. The summed E-state index contributed by atoms with van der Waals surface area (Å²) >= 11 is 1.32. The summed E-state index contributed by atoms with van der Waals surface area (Å²) in [6, 6.07) is 7.15. The van der Waals surface area contributed by atoms with Gasteiger partial charge in [-0.1, -0.05) is 51.6 Å². The molecule has 1 unspecified atom stereocenters. The molecule has 3 heterocycles. The van der Waals surface area contributed by atoms with E-state index in [1.807, 2.05) is 40.7 Å². The molecule has 178 valence electrons. The lowest BCUT2D eigenvalue weighted by atomic mass is 9.96. The topological polar surface area (TPSA) is 116 Å².